The van der Waals surface area contributed by atoms with Crippen molar-refractivity contribution in [1.29, 1.82) is 10.5 Å². The molecule has 514 valence electrons. The van der Waals surface area contributed by atoms with Crippen molar-refractivity contribution in [2.24, 2.45) is 21.5 Å². The van der Waals surface area contributed by atoms with E-state index < -0.39 is 35.4 Å². The molecular formula is C70H93F6N13O4P2. The van der Waals surface area contributed by atoms with Crippen LogP contribution in [0.4, 0.5) is 26.3 Å². The number of hydrogen-bond donors (Lipinski definition) is 9. The summed E-state index contributed by atoms with van der Waals surface area (Å²) in [6.45, 7) is 12.6. The van der Waals surface area contributed by atoms with Gasteiger partial charge in [-0.3, -0.25) is 30.3 Å². The van der Waals surface area contributed by atoms with Gasteiger partial charge in [0.2, 0.25) is 11.9 Å². The molecule has 6 aromatic carbocycles. The normalized spacial score (nSPS) is 18.6. The molecule has 1 aliphatic heterocycles. The van der Waals surface area contributed by atoms with Gasteiger partial charge < -0.3 is 42.6 Å². The van der Waals surface area contributed by atoms with E-state index in [2.05, 4.69) is 133 Å². The average Bonchev–Trinajstić information content (AvgIpc) is 0.909. The van der Waals surface area contributed by atoms with Gasteiger partial charge in [-0.05, 0) is 124 Å². The van der Waals surface area contributed by atoms with Crippen LogP contribution in [0.5, 0.6) is 0 Å². The monoisotopic (exact) mass is 1360 g/mol. The van der Waals surface area contributed by atoms with Gasteiger partial charge in [-0.15, -0.1) is 0 Å². The summed E-state index contributed by atoms with van der Waals surface area (Å²) < 4.78 is 80.5. The van der Waals surface area contributed by atoms with E-state index in [0.29, 0.717) is 43.7 Å². The number of guanidine groups is 2. The van der Waals surface area contributed by atoms with Crippen molar-refractivity contribution >= 4 is 43.6 Å². The summed E-state index contributed by atoms with van der Waals surface area (Å²) in [5, 5.41) is 43.6. The topological polar surface area (TPSA) is 263 Å². The lowest BCUT2D eigenvalue weighted by molar-refractivity contribution is -0.138. The van der Waals surface area contributed by atoms with Crippen molar-refractivity contribution in [3.05, 3.63) is 213 Å². The number of hydrogen-bond acceptors (Lipinski definition) is 11. The molecule has 0 radical (unpaired) electrons. The van der Waals surface area contributed by atoms with Crippen LogP contribution in [0.15, 0.2) is 168 Å². The SMILES string of the molecule is CN=C(NC#N)NC1CCC(CN)(c2ccccc2)CC1.CN=C(NC#N)NC1CCC(CNC(=O)c2cccc(C(F)(F)F)c2)(c2ccccc2)CC1.Cc1ccc(CN2CCOCC2)cc1.Cc1ccc(CNCCN)cc1.O=C(O)c1cccc(C(F)(F)F)c1.P.P. The molecule has 3 fully saturated rings. The Bertz CT molecular complexity index is 3350. The molecule has 3 aliphatic rings. The number of aromatic carboxylic acids is 1. The van der Waals surface area contributed by atoms with Crippen molar-refractivity contribution in [1.82, 2.24) is 36.8 Å². The number of aryl methyl sites for hydroxylation is 2. The summed E-state index contributed by atoms with van der Waals surface area (Å²) in [5.41, 5.74) is 16.8. The quantitative estimate of drug-likeness (QED) is 0.00881. The molecule has 17 nitrogen and oxygen atoms in total. The number of ether oxygens (including phenoxy) is 1. The summed E-state index contributed by atoms with van der Waals surface area (Å²) in [5.74, 6) is -0.948. The van der Waals surface area contributed by atoms with Crippen LogP contribution in [0.3, 0.4) is 0 Å². The first-order chi connectivity index (χ1) is 44.6. The fourth-order valence-electron chi connectivity index (χ4n) is 11.0. The summed E-state index contributed by atoms with van der Waals surface area (Å²) in [6, 6.07) is 46.2. The van der Waals surface area contributed by atoms with Crippen LogP contribution in [0.25, 0.3) is 0 Å². The molecule has 0 aromatic heterocycles. The van der Waals surface area contributed by atoms with Gasteiger partial charge >= 0.3 is 18.3 Å². The Morgan fingerprint density at radius 2 is 1.05 bits per heavy atom. The maximum Gasteiger partial charge on any atom is 0.416 e. The molecule has 2 saturated carbocycles. The number of nitrogens with zero attached hydrogens (tertiary/aromatic N) is 5. The lowest BCUT2D eigenvalue weighted by Gasteiger charge is -2.41. The van der Waals surface area contributed by atoms with Crippen LogP contribution in [-0.2, 0) is 41.0 Å². The van der Waals surface area contributed by atoms with E-state index in [0.717, 1.165) is 133 Å². The zero-order valence-corrected chi connectivity index (χ0v) is 57.5. The van der Waals surface area contributed by atoms with E-state index in [-0.39, 0.29) is 47.8 Å². The van der Waals surface area contributed by atoms with Crippen molar-refractivity contribution in [3.63, 3.8) is 0 Å². The van der Waals surface area contributed by atoms with Gasteiger partial charge in [0.15, 0.2) is 12.4 Å². The van der Waals surface area contributed by atoms with Gasteiger partial charge in [0.25, 0.3) is 5.91 Å². The van der Waals surface area contributed by atoms with E-state index >= 15 is 0 Å². The highest BCUT2D eigenvalue weighted by Crippen LogP contribution is 2.41. The molecule has 95 heavy (non-hydrogen) atoms. The molecule has 25 heteroatoms. The maximum atomic E-state index is 13.0. The summed E-state index contributed by atoms with van der Waals surface area (Å²) in [6.07, 6.45) is 1.96. The second-order valence-electron chi connectivity index (χ2n) is 22.9. The zero-order valence-electron chi connectivity index (χ0n) is 54.6. The van der Waals surface area contributed by atoms with Crippen LogP contribution in [0.2, 0.25) is 0 Å². The van der Waals surface area contributed by atoms with E-state index in [1.54, 1.807) is 14.1 Å². The first-order valence-electron chi connectivity index (χ1n) is 30.9. The number of amides is 1. The van der Waals surface area contributed by atoms with Crippen molar-refractivity contribution in [2.45, 2.75) is 114 Å². The Kier molecular flexibility index (Phi) is 35.7. The molecule has 11 N–H and O–H groups in total. The van der Waals surface area contributed by atoms with E-state index in [4.69, 9.17) is 31.8 Å². The number of halogens is 6. The number of morpholine rings is 1. The highest BCUT2D eigenvalue weighted by atomic mass is 31.0. The lowest BCUT2D eigenvalue weighted by Crippen LogP contribution is -2.49. The van der Waals surface area contributed by atoms with Crippen LogP contribution < -0.4 is 43.4 Å². The lowest BCUT2D eigenvalue weighted by atomic mass is 9.68. The Labute approximate surface area is 561 Å². The number of carbonyl (C=O) groups excluding carboxylic acids is 1. The molecule has 0 bridgehead atoms. The van der Waals surface area contributed by atoms with Crippen LogP contribution in [-0.4, -0.2) is 112 Å². The molecule has 1 saturated heterocycles. The van der Waals surface area contributed by atoms with E-state index in [1.807, 2.05) is 48.8 Å². The number of alkyl halides is 6. The number of nitrogens with two attached hydrogens (primary N) is 2. The van der Waals surface area contributed by atoms with Crippen molar-refractivity contribution in [2.75, 3.05) is 66.6 Å². The van der Waals surface area contributed by atoms with Gasteiger partial charge in [0.1, 0.15) is 0 Å². The second kappa shape index (κ2) is 41.8. The predicted molar refractivity (Wildman–Crippen MR) is 374 cm³/mol. The number of rotatable bonds is 15. The molecule has 1 heterocycles. The minimum absolute atomic E-state index is 0. The molecule has 0 spiro atoms. The highest BCUT2D eigenvalue weighted by molar-refractivity contribution is 6.92. The van der Waals surface area contributed by atoms with Gasteiger partial charge in [-0.1, -0.05) is 132 Å². The third-order valence-corrected chi connectivity index (χ3v) is 16.4. The number of nitriles is 2. The number of benzene rings is 6. The van der Waals surface area contributed by atoms with Crippen LogP contribution in [0, 0.1) is 36.8 Å². The fourth-order valence-corrected chi connectivity index (χ4v) is 11.0. The van der Waals surface area contributed by atoms with Crippen molar-refractivity contribution < 1.29 is 45.8 Å². The molecule has 2 aliphatic carbocycles. The van der Waals surface area contributed by atoms with Gasteiger partial charge in [-0.2, -0.15) is 56.7 Å². The number of nitrogens with one attached hydrogen (secondary N) is 6. The zero-order chi connectivity index (χ0) is 67.7. The minimum atomic E-state index is -4.51. The first-order valence-corrected chi connectivity index (χ1v) is 30.9. The molecule has 1 amide bonds. The van der Waals surface area contributed by atoms with Gasteiger partial charge in [-0.25, -0.2) is 4.79 Å². The Hall–Kier alpha value is -7.98. The standard InChI is InChI=1S/C24H26F3N5O.C16H23N5.C12H17NO.C10H16N2.C8H5F3O2.2H3P/c1-29-22(31-16-28)32-20-10-12-23(13-11-20,18-7-3-2-4-8-18)15-30-21(33)17-6-5-9-19(14-17)24(25,26)27;1-19-15(20-12-18)21-14-7-9-16(11-17,10-8-14)13-5-3-2-4-6-13;1-11-2-4-12(5-3-11)10-13-6-8-14-9-7-13;1-9-2-4-10(5-3-9)8-12-7-6-11;9-8(10,11)6-3-1-2-5(4-6)7(12)13;;/h2-9,14,20H,10-13,15H2,1H3,(H,30,33)(H2,29,31,32);2-6,14H,7-11,17H2,1H3,(H2,19,20,21);2-5H,6-10H2,1H3;2-5,12H,6-8,11H2,1H3;1-4H,(H,12,13);2*1H3. The first kappa shape index (κ1) is 81.3. The van der Waals surface area contributed by atoms with Gasteiger partial charge in [0.05, 0.1) is 29.9 Å². The summed E-state index contributed by atoms with van der Waals surface area (Å²) in [7, 11) is 3.26. The van der Waals surface area contributed by atoms with E-state index in [9.17, 15) is 35.9 Å². The predicted octanol–water partition coefficient (Wildman–Crippen LogP) is 10.8. The van der Waals surface area contributed by atoms with Crippen LogP contribution in [0.1, 0.15) is 117 Å². The highest BCUT2D eigenvalue weighted by Gasteiger charge is 2.39. The molecule has 2 atom stereocenters. The van der Waals surface area contributed by atoms with Crippen molar-refractivity contribution in [3.8, 4) is 12.4 Å². The number of carboxylic acids is 1. The summed E-state index contributed by atoms with van der Waals surface area (Å²) in [4.78, 5) is 33.5. The largest absolute Gasteiger partial charge is 0.478 e. The Morgan fingerprint density at radius 3 is 1.47 bits per heavy atom. The smallest absolute Gasteiger partial charge is 0.416 e. The second-order valence-corrected chi connectivity index (χ2v) is 22.9. The number of carbonyl (C=O) groups is 2. The molecule has 6 aromatic rings. The fraction of sp³-hybridized carbons (Fsp3) is 0.400. The summed E-state index contributed by atoms with van der Waals surface area (Å²) >= 11 is 0. The third kappa shape index (κ3) is 27.7. The number of aliphatic imine (C=N–C) groups is 2. The number of carboxylic acid groups (broad SMARTS) is 1. The van der Waals surface area contributed by atoms with Crippen LogP contribution >= 0.6 is 19.8 Å². The third-order valence-electron chi connectivity index (χ3n) is 16.4. The average molecular weight is 1360 g/mol. The van der Waals surface area contributed by atoms with E-state index in [1.165, 1.54) is 39.9 Å². The molecule has 2 unspecified atom stereocenters. The van der Waals surface area contributed by atoms with Gasteiger partial charge in [0, 0.05) is 94.9 Å². The Morgan fingerprint density at radius 1 is 0.621 bits per heavy atom. The Balaban J connectivity index is 0.000000327. The molecular weight excluding hydrogens is 1260 g/mol. The maximum absolute atomic E-state index is 13.0. The molecule has 9 rings (SSSR count). The minimum Gasteiger partial charge on any atom is -0.478 e.